The van der Waals surface area contributed by atoms with Gasteiger partial charge in [-0.1, -0.05) is 11.6 Å². The molecule has 1 saturated carbocycles. The Balaban J connectivity index is 1.50. The van der Waals surface area contributed by atoms with E-state index in [1.807, 2.05) is 0 Å². The van der Waals surface area contributed by atoms with Gasteiger partial charge in [-0.3, -0.25) is 0 Å². The molecular weight excluding hydrogens is 280 g/mol. The Bertz CT molecular complexity index is 501. The Hall–Kier alpha value is -1.49. The number of hydrogen-bond donors (Lipinski definition) is 1. The van der Waals surface area contributed by atoms with E-state index in [2.05, 4.69) is 10.3 Å². The van der Waals surface area contributed by atoms with E-state index < -0.39 is 0 Å². The van der Waals surface area contributed by atoms with Crippen LogP contribution in [0.1, 0.15) is 25.7 Å². The SMILES string of the molecule is O=C1NCC2(CCC(COc3ncccc3Cl)CC2)O1. The van der Waals surface area contributed by atoms with Gasteiger partial charge < -0.3 is 14.8 Å². The molecule has 5 nitrogen and oxygen atoms in total. The van der Waals surface area contributed by atoms with Crippen molar-refractivity contribution in [2.75, 3.05) is 13.2 Å². The number of amides is 1. The van der Waals surface area contributed by atoms with Gasteiger partial charge in [0.05, 0.1) is 13.2 Å². The number of alkyl carbamates (subject to hydrolysis) is 1. The fourth-order valence-corrected chi connectivity index (χ4v) is 3.00. The van der Waals surface area contributed by atoms with Crippen LogP contribution in [0.3, 0.4) is 0 Å². The van der Waals surface area contributed by atoms with Gasteiger partial charge in [0.25, 0.3) is 0 Å². The van der Waals surface area contributed by atoms with Crippen molar-refractivity contribution in [2.45, 2.75) is 31.3 Å². The van der Waals surface area contributed by atoms with Crippen LogP contribution >= 0.6 is 11.6 Å². The molecule has 20 heavy (non-hydrogen) atoms. The number of nitrogens with zero attached hydrogens (tertiary/aromatic N) is 1. The Labute approximate surface area is 122 Å². The van der Waals surface area contributed by atoms with Crippen LogP contribution in [0.25, 0.3) is 0 Å². The predicted molar refractivity (Wildman–Crippen MR) is 73.9 cm³/mol. The number of ether oxygens (including phenoxy) is 2. The van der Waals surface area contributed by atoms with Gasteiger partial charge in [0.15, 0.2) is 0 Å². The summed E-state index contributed by atoms with van der Waals surface area (Å²) in [5.41, 5.74) is -0.282. The average molecular weight is 297 g/mol. The first-order valence-electron chi connectivity index (χ1n) is 6.87. The van der Waals surface area contributed by atoms with Crippen molar-refractivity contribution in [1.29, 1.82) is 0 Å². The Morgan fingerprint density at radius 1 is 1.50 bits per heavy atom. The van der Waals surface area contributed by atoms with Gasteiger partial charge in [0, 0.05) is 6.20 Å². The van der Waals surface area contributed by atoms with Crippen LogP contribution in [-0.4, -0.2) is 29.8 Å². The normalized spacial score (nSPS) is 29.1. The van der Waals surface area contributed by atoms with Gasteiger partial charge >= 0.3 is 6.09 Å². The second kappa shape index (κ2) is 5.48. The van der Waals surface area contributed by atoms with E-state index in [1.165, 1.54) is 0 Å². The molecular formula is C14H17ClN2O3. The topological polar surface area (TPSA) is 60.5 Å². The molecule has 1 aliphatic heterocycles. The number of hydrogen-bond acceptors (Lipinski definition) is 4. The van der Waals surface area contributed by atoms with Crippen molar-refractivity contribution in [3.05, 3.63) is 23.4 Å². The first-order chi connectivity index (χ1) is 9.67. The van der Waals surface area contributed by atoms with E-state index in [0.29, 0.717) is 30.0 Å². The second-order valence-corrected chi connectivity index (χ2v) is 5.88. The molecule has 6 heteroatoms. The van der Waals surface area contributed by atoms with Crippen LogP contribution in [0.5, 0.6) is 5.88 Å². The molecule has 1 aliphatic carbocycles. The number of rotatable bonds is 3. The van der Waals surface area contributed by atoms with Gasteiger partial charge in [-0.05, 0) is 43.7 Å². The zero-order valence-corrected chi connectivity index (χ0v) is 11.9. The average Bonchev–Trinajstić information content (AvgIpc) is 2.81. The van der Waals surface area contributed by atoms with Crippen LogP contribution in [0.2, 0.25) is 5.02 Å². The van der Waals surface area contributed by atoms with E-state index in [4.69, 9.17) is 21.1 Å². The molecule has 0 bridgehead atoms. The van der Waals surface area contributed by atoms with E-state index >= 15 is 0 Å². The lowest BCUT2D eigenvalue weighted by molar-refractivity contribution is 0.00696. The van der Waals surface area contributed by atoms with Crippen molar-refractivity contribution >= 4 is 17.7 Å². The second-order valence-electron chi connectivity index (χ2n) is 5.47. The monoisotopic (exact) mass is 296 g/mol. The summed E-state index contributed by atoms with van der Waals surface area (Å²) in [4.78, 5) is 15.3. The zero-order chi connectivity index (χ0) is 14.0. The van der Waals surface area contributed by atoms with Gasteiger partial charge in [-0.2, -0.15) is 0 Å². The van der Waals surface area contributed by atoms with E-state index in [9.17, 15) is 4.79 Å². The maximum absolute atomic E-state index is 11.2. The molecule has 3 rings (SSSR count). The maximum Gasteiger partial charge on any atom is 0.407 e. The molecule has 0 unspecified atom stereocenters. The lowest BCUT2D eigenvalue weighted by atomic mass is 9.79. The van der Waals surface area contributed by atoms with Crippen molar-refractivity contribution in [2.24, 2.45) is 5.92 Å². The summed E-state index contributed by atoms with van der Waals surface area (Å²) in [6, 6.07) is 3.55. The molecule has 0 atom stereocenters. The molecule has 1 N–H and O–H groups in total. The van der Waals surface area contributed by atoms with E-state index in [0.717, 1.165) is 25.7 Å². The predicted octanol–water partition coefficient (Wildman–Crippen LogP) is 2.78. The van der Waals surface area contributed by atoms with Crippen LogP contribution in [0.15, 0.2) is 18.3 Å². The fourth-order valence-electron chi connectivity index (χ4n) is 2.83. The standard InChI is InChI=1S/C14H17ClN2O3/c15-11-2-1-7-16-12(11)19-8-10-3-5-14(6-4-10)9-17-13(18)20-14/h1-2,7,10H,3-6,8-9H2,(H,17,18). The van der Waals surface area contributed by atoms with Crippen LogP contribution in [-0.2, 0) is 4.74 Å². The summed E-state index contributed by atoms with van der Waals surface area (Å²) >= 11 is 6.00. The third-order valence-corrected chi connectivity index (χ3v) is 4.35. The first kappa shape index (κ1) is 13.5. The first-order valence-corrected chi connectivity index (χ1v) is 7.25. The fraction of sp³-hybridized carbons (Fsp3) is 0.571. The molecule has 1 aromatic heterocycles. The number of carbonyl (C=O) groups excluding carboxylic acids is 1. The minimum absolute atomic E-state index is 0.282. The zero-order valence-electron chi connectivity index (χ0n) is 11.1. The number of nitrogens with one attached hydrogen (secondary N) is 1. The Morgan fingerprint density at radius 3 is 2.95 bits per heavy atom. The largest absolute Gasteiger partial charge is 0.476 e. The third kappa shape index (κ3) is 2.82. The molecule has 0 aromatic carbocycles. The molecule has 2 heterocycles. The summed E-state index contributed by atoms with van der Waals surface area (Å²) in [6.45, 7) is 1.24. The molecule has 1 saturated heterocycles. The third-order valence-electron chi connectivity index (χ3n) is 4.06. The molecule has 2 fully saturated rings. The van der Waals surface area contributed by atoms with Gasteiger partial charge in [-0.25, -0.2) is 9.78 Å². The number of aromatic nitrogens is 1. The molecule has 108 valence electrons. The highest BCUT2D eigenvalue weighted by atomic mass is 35.5. The highest BCUT2D eigenvalue weighted by Crippen LogP contribution is 2.37. The minimum atomic E-state index is -0.292. The van der Waals surface area contributed by atoms with Gasteiger partial charge in [0.2, 0.25) is 5.88 Å². The molecule has 1 aromatic rings. The minimum Gasteiger partial charge on any atom is -0.476 e. The summed E-state index contributed by atoms with van der Waals surface area (Å²) in [7, 11) is 0. The molecule has 0 radical (unpaired) electrons. The summed E-state index contributed by atoms with van der Waals surface area (Å²) in [5.74, 6) is 0.946. The van der Waals surface area contributed by atoms with Crippen molar-refractivity contribution in [3.8, 4) is 5.88 Å². The van der Waals surface area contributed by atoms with Gasteiger partial charge in [-0.15, -0.1) is 0 Å². The highest BCUT2D eigenvalue weighted by molar-refractivity contribution is 6.31. The molecule has 1 amide bonds. The summed E-state index contributed by atoms with van der Waals surface area (Å²) < 4.78 is 11.1. The van der Waals surface area contributed by atoms with Crippen LogP contribution < -0.4 is 10.1 Å². The van der Waals surface area contributed by atoms with Gasteiger partial charge in [0.1, 0.15) is 10.6 Å². The Morgan fingerprint density at radius 2 is 2.30 bits per heavy atom. The summed E-state index contributed by atoms with van der Waals surface area (Å²) in [5, 5.41) is 3.28. The van der Waals surface area contributed by atoms with Crippen LogP contribution in [0.4, 0.5) is 4.79 Å². The number of halogens is 1. The maximum atomic E-state index is 11.2. The van der Waals surface area contributed by atoms with Crippen molar-refractivity contribution in [1.82, 2.24) is 10.3 Å². The highest BCUT2D eigenvalue weighted by Gasteiger charge is 2.43. The van der Waals surface area contributed by atoms with E-state index in [-0.39, 0.29) is 11.7 Å². The van der Waals surface area contributed by atoms with Crippen molar-refractivity contribution in [3.63, 3.8) is 0 Å². The smallest absolute Gasteiger partial charge is 0.407 e. The van der Waals surface area contributed by atoms with Crippen molar-refractivity contribution < 1.29 is 14.3 Å². The lowest BCUT2D eigenvalue weighted by Gasteiger charge is -2.34. The summed E-state index contributed by atoms with van der Waals surface area (Å²) in [6.07, 6.45) is 5.12. The quantitative estimate of drug-likeness (QED) is 0.932. The lowest BCUT2D eigenvalue weighted by Crippen LogP contribution is -2.38. The molecule has 1 spiro atoms. The molecule has 2 aliphatic rings. The number of pyridine rings is 1. The number of carbonyl (C=O) groups is 1. The van der Waals surface area contributed by atoms with Crippen LogP contribution in [0, 0.1) is 5.92 Å². The Kier molecular flexibility index (Phi) is 3.70. The van der Waals surface area contributed by atoms with E-state index in [1.54, 1.807) is 18.3 Å².